The van der Waals surface area contributed by atoms with Crippen molar-refractivity contribution in [3.8, 4) is 0 Å². The molecule has 1 rings (SSSR count). The summed E-state index contributed by atoms with van der Waals surface area (Å²) in [6, 6.07) is 0. The third kappa shape index (κ3) is 1.07. The van der Waals surface area contributed by atoms with Gasteiger partial charge in [-0.3, -0.25) is 0 Å². The van der Waals surface area contributed by atoms with E-state index in [4.69, 9.17) is 15.3 Å². The molecule has 1 saturated heterocycles. The average Bonchev–Trinajstić information content (AvgIpc) is 2.15. The predicted molar refractivity (Wildman–Crippen MR) is 28.6 cm³/mol. The number of aliphatic hydroxyl groups is 3. The topological polar surface area (TPSA) is 69.9 Å². The van der Waals surface area contributed by atoms with Crippen molar-refractivity contribution < 1.29 is 20.1 Å². The number of hydrogen-bond acceptors (Lipinski definition) is 4. The first-order valence-electron chi connectivity index (χ1n) is 2.84. The van der Waals surface area contributed by atoms with E-state index in [0.29, 0.717) is 13.0 Å². The fourth-order valence-corrected chi connectivity index (χ4v) is 0.820. The summed E-state index contributed by atoms with van der Waals surface area (Å²) in [6.45, 7) is -0.244. The summed E-state index contributed by atoms with van der Waals surface area (Å²) in [6.07, 6.45) is -0.556. The molecule has 1 aliphatic heterocycles. The molecular weight excluding hydrogens is 124 g/mol. The first-order chi connectivity index (χ1) is 4.19. The molecule has 0 unspecified atom stereocenters. The van der Waals surface area contributed by atoms with Gasteiger partial charge in [-0.25, -0.2) is 0 Å². The zero-order chi connectivity index (χ0) is 6.91. The third-order valence-corrected chi connectivity index (χ3v) is 1.49. The zero-order valence-electron chi connectivity index (χ0n) is 4.95. The van der Waals surface area contributed by atoms with Gasteiger partial charge in [-0.2, -0.15) is 0 Å². The Morgan fingerprint density at radius 3 is 2.56 bits per heavy atom. The minimum atomic E-state index is -1.69. The number of aliphatic hydroxyl groups excluding tert-OH is 2. The second-order valence-electron chi connectivity index (χ2n) is 2.16. The van der Waals surface area contributed by atoms with Crippen LogP contribution in [-0.2, 0) is 4.74 Å². The minimum absolute atomic E-state index is 0.304. The number of hydrogen-bond donors (Lipinski definition) is 3. The first kappa shape index (κ1) is 6.95. The van der Waals surface area contributed by atoms with Crippen molar-refractivity contribution >= 4 is 0 Å². The van der Waals surface area contributed by atoms with Gasteiger partial charge in [0.15, 0.2) is 0 Å². The first-order valence-corrected chi connectivity index (χ1v) is 2.84. The number of ether oxygens (including phenoxy) is 1. The van der Waals surface area contributed by atoms with E-state index >= 15 is 0 Å². The quantitative estimate of drug-likeness (QED) is 0.406. The molecule has 1 fully saturated rings. The van der Waals surface area contributed by atoms with Gasteiger partial charge in [0.05, 0.1) is 13.2 Å². The molecule has 0 spiro atoms. The third-order valence-electron chi connectivity index (χ3n) is 1.49. The fraction of sp³-hybridized carbons (Fsp3) is 1.00. The molecule has 0 aromatic rings. The molecule has 54 valence electrons. The molecule has 9 heavy (non-hydrogen) atoms. The molecule has 2 atom stereocenters. The van der Waals surface area contributed by atoms with Crippen molar-refractivity contribution in [2.24, 2.45) is 0 Å². The highest BCUT2D eigenvalue weighted by atomic mass is 16.7. The summed E-state index contributed by atoms with van der Waals surface area (Å²) in [4.78, 5) is 0. The maximum Gasteiger partial charge on any atom is 0.216 e. The van der Waals surface area contributed by atoms with E-state index in [9.17, 15) is 0 Å². The fourth-order valence-electron chi connectivity index (χ4n) is 0.820. The molecule has 0 amide bonds. The maximum atomic E-state index is 9.05. The summed E-state index contributed by atoms with van der Waals surface area (Å²) in [5.41, 5.74) is 0. The van der Waals surface area contributed by atoms with Crippen molar-refractivity contribution in [3.63, 3.8) is 0 Å². The van der Waals surface area contributed by atoms with E-state index in [0.717, 1.165) is 0 Å². The van der Waals surface area contributed by atoms with Gasteiger partial charge >= 0.3 is 0 Å². The molecule has 0 aromatic carbocycles. The summed E-state index contributed by atoms with van der Waals surface area (Å²) < 4.78 is 4.66. The van der Waals surface area contributed by atoms with Gasteiger partial charge in [-0.05, 0) is 0 Å². The van der Waals surface area contributed by atoms with E-state index in [1.807, 2.05) is 0 Å². The van der Waals surface area contributed by atoms with E-state index < -0.39 is 18.5 Å². The summed E-state index contributed by atoms with van der Waals surface area (Å²) in [5, 5.41) is 26.4. The molecule has 1 aliphatic rings. The predicted octanol–water partition coefficient (Wildman–Crippen LogP) is -1.55. The van der Waals surface area contributed by atoms with Crippen LogP contribution in [0.4, 0.5) is 0 Å². The van der Waals surface area contributed by atoms with Crippen LogP contribution in [-0.4, -0.2) is 40.4 Å². The van der Waals surface area contributed by atoms with Crippen LogP contribution in [0, 0.1) is 0 Å². The Labute approximate surface area is 52.7 Å². The highest BCUT2D eigenvalue weighted by Gasteiger charge is 2.40. The second-order valence-corrected chi connectivity index (χ2v) is 2.16. The van der Waals surface area contributed by atoms with Crippen LogP contribution in [0.1, 0.15) is 6.42 Å². The maximum absolute atomic E-state index is 9.05. The van der Waals surface area contributed by atoms with Gasteiger partial charge in [0.1, 0.15) is 6.10 Å². The lowest BCUT2D eigenvalue weighted by molar-refractivity contribution is -0.232. The molecule has 0 saturated carbocycles. The minimum Gasteiger partial charge on any atom is -0.391 e. The molecule has 0 aliphatic carbocycles. The lowest BCUT2D eigenvalue weighted by Crippen LogP contribution is -2.42. The highest BCUT2D eigenvalue weighted by molar-refractivity contribution is 4.81. The Morgan fingerprint density at radius 1 is 1.67 bits per heavy atom. The molecule has 0 aromatic heterocycles. The average molecular weight is 134 g/mol. The van der Waals surface area contributed by atoms with Crippen molar-refractivity contribution in [3.05, 3.63) is 0 Å². The molecule has 3 N–H and O–H groups in total. The Morgan fingerprint density at radius 2 is 2.33 bits per heavy atom. The van der Waals surface area contributed by atoms with Crippen LogP contribution in [0.3, 0.4) is 0 Å². The van der Waals surface area contributed by atoms with Crippen molar-refractivity contribution in [1.82, 2.24) is 0 Å². The van der Waals surface area contributed by atoms with Crippen LogP contribution in [0.15, 0.2) is 0 Å². The highest BCUT2D eigenvalue weighted by Crippen LogP contribution is 2.21. The van der Waals surface area contributed by atoms with Crippen molar-refractivity contribution in [2.45, 2.75) is 18.3 Å². The second kappa shape index (κ2) is 2.22. The van der Waals surface area contributed by atoms with Gasteiger partial charge in [-0.15, -0.1) is 0 Å². The van der Waals surface area contributed by atoms with E-state index in [1.165, 1.54) is 0 Å². The number of rotatable bonds is 1. The molecule has 4 heteroatoms. The van der Waals surface area contributed by atoms with E-state index in [2.05, 4.69) is 4.74 Å². The van der Waals surface area contributed by atoms with Gasteiger partial charge in [-0.1, -0.05) is 0 Å². The van der Waals surface area contributed by atoms with Gasteiger partial charge in [0, 0.05) is 6.42 Å². The van der Waals surface area contributed by atoms with Crippen LogP contribution in [0.2, 0.25) is 0 Å². The van der Waals surface area contributed by atoms with Crippen LogP contribution < -0.4 is 0 Å². The lowest BCUT2D eigenvalue weighted by Gasteiger charge is -2.21. The molecule has 4 nitrogen and oxygen atoms in total. The molecule has 0 radical (unpaired) electrons. The standard InChI is InChI=1S/C5H10O4/c6-3-5(8)4(7)1-2-9-5/h4,6-8H,1-3H2/t4-,5+/m0/s1. The Kier molecular flexibility index (Phi) is 1.72. The Balaban J connectivity index is 2.56. The van der Waals surface area contributed by atoms with Gasteiger partial charge in [0.25, 0.3) is 0 Å². The molecule has 0 bridgehead atoms. The van der Waals surface area contributed by atoms with Crippen LogP contribution in [0.25, 0.3) is 0 Å². The molecular formula is C5H10O4. The lowest BCUT2D eigenvalue weighted by atomic mass is 10.1. The van der Waals surface area contributed by atoms with Crippen LogP contribution in [0.5, 0.6) is 0 Å². The van der Waals surface area contributed by atoms with Crippen LogP contribution >= 0.6 is 0 Å². The van der Waals surface area contributed by atoms with E-state index in [1.54, 1.807) is 0 Å². The zero-order valence-corrected chi connectivity index (χ0v) is 4.95. The Bertz CT molecular complexity index is 105. The van der Waals surface area contributed by atoms with Gasteiger partial charge < -0.3 is 20.1 Å². The van der Waals surface area contributed by atoms with E-state index in [-0.39, 0.29) is 0 Å². The van der Waals surface area contributed by atoms with Crippen molar-refractivity contribution in [2.75, 3.05) is 13.2 Å². The SMILES string of the molecule is OC[C@@]1(O)OCC[C@@H]1O. The Hall–Kier alpha value is -0.160. The monoisotopic (exact) mass is 134 g/mol. The largest absolute Gasteiger partial charge is 0.391 e. The summed E-state index contributed by atoms with van der Waals surface area (Å²) in [5.74, 6) is -1.69. The molecule has 1 heterocycles. The normalized spacial score (nSPS) is 43.7. The van der Waals surface area contributed by atoms with Crippen molar-refractivity contribution in [1.29, 1.82) is 0 Å². The summed E-state index contributed by atoms with van der Waals surface area (Å²) >= 11 is 0. The van der Waals surface area contributed by atoms with Gasteiger partial charge in [0.2, 0.25) is 5.79 Å². The smallest absolute Gasteiger partial charge is 0.216 e. The summed E-state index contributed by atoms with van der Waals surface area (Å²) in [7, 11) is 0.